The number of amides is 3. The van der Waals surface area contributed by atoms with E-state index in [-0.39, 0.29) is 29.7 Å². The van der Waals surface area contributed by atoms with Crippen LogP contribution in [-0.2, 0) is 4.79 Å². The molecule has 0 bridgehead atoms. The van der Waals surface area contributed by atoms with Crippen molar-refractivity contribution < 1.29 is 14.4 Å². The first kappa shape index (κ1) is 20.3. The SMILES string of the molecule is CN(C)C(=O)c1ccc(C(=O)N2CCCC(CNC(=O)C3CCCN3)C2)cc1. The number of benzene rings is 1. The zero-order valence-corrected chi connectivity index (χ0v) is 16.7. The van der Waals surface area contributed by atoms with Crippen molar-refractivity contribution in [2.45, 2.75) is 31.7 Å². The average Bonchev–Trinajstić information content (AvgIpc) is 3.26. The van der Waals surface area contributed by atoms with Gasteiger partial charge >= 0.3 is 0 Å². The van der Waals surface area contributed by atoms with Crippen LogP contribution in [0.5, 0.6) is 0 Å². The molecule has 2 heterocycles. The summed E-state index contributed by atoms with van der Waals surface area (Å²) in [5.41, 5.74) is 1.16. The molecule has 2 aliphatic rings. The Morgan fingerprint density at radius 1 is 1.11 bits per heavy atom. The van der Waals surface area contributed by atoms with Crippen LogP contribution in [-0.4, -0.2) is 73.8 Å². The molecule has 0 aliphatic carbocycles. The third-order valence-corrected chi connectivity index (χ3v) is 5.53. The molecular weight excluding hydrogens is 356 g/mol. The Labute approximate surface area is 166 Å². The summed E-state index contributed by atoms with van der Waals surface area (Å²) in [5.74, 6) is 0.251. The first-order valence-corrected chi connectivity index (χ1v) is 10.1. The Balaban J connectivity index is 1.53. The highest BCUT2D eigenvalue weighted by molar-refractivity contribution is 5.97. The van der Waals surface area contributed by atoms with Gasteiger partial charge in [-0.3, -0.25) is 14.4 Å². The van der Waals surface area contributed by atoms with Crippen molar-refractivity contribution in [3.05, 3.63) is 35.4 Å². The molecule has 2 fully saturated rings. The Hall–Kier alpha value is -2.41. The quantitative estimate of drug-likeness (QED) is 0.794. The van der Waals surface area contributed by atoms with E-state index >= 15 is 0 Å². The minimum absolute atomic E-state index is 0.0164. The van der Waals surface area contributed by atoms with Gasteiger partial charge in [0.2, 0.25) is 5.91 Å². The van der Waals surface area contributed by atoms with Crippen molar-refractivity contribution in [2.75, 3.05) is 40.3 Å². The third kappa shape index (κ3) is 4.90. The van der Waals surface area contributed by atoms with Gasteiger partial charge in [-0.1, -0.05) is 0 Å². The topological polar surface area (TPSA) is 81.8 Å². The molecule has 152 valence electrons. The van der Waals surface area contributed by atoms with E-state index in [4.69, 9.17) is 0 Å². The number of carbonyl (C=O) groups excluding carboxylic acids is 3. The number of nitrogens with zero attached hydrogens (tertiary/aromatic N) is 2. The minimum Gasteiger partial charge on any atom is -0.354 e. The summed E-state index contributed by atoms with van der Waals surface area (Å²) in [6, 6.07) is 6.77. The second-order valence-corrected chi connectivity index (χ2v) is 7.93. The molecule has 1 aromatic carbocycles. The van der Waals surface area contributed by atoms with Crippen LogP contribution in [0.1, 0.15) is 46.4 Å². The van der Waals surface area contributed by atoms with Crippen molar-refractivity contribution in [3.63, 3.8) is 0 Å². The summed E-state index contributed by atoms with van der Waals surface area (Å²) in [6.45, 7) is 2.89. The summed E-state index contributed by atoms with van der Waals surface area (Å²) in [6.07, 6.45) is 3.89. The fourth-order valence-electron chi connectivity index (χ4n) is 3.89. The van der Waals surface area contributed by atoms with E-state index in [0.717, 1.165) is 38.8 Å². The molecule has 0 aromatic heterocycles. The molecule has 3 amide bonds. The number of hydrogen-bond donors (Lipinski definition) is 2. The summed E-state index contributed by atoms with van der Waals surface area (Å²) in [4.78, 5) is 40.4. The van der Waals surface area contributed by atoms with Crippen LogP contribution in [0.2, 0.25) is 0 Å². The molecule has 2 N–H and O–H groups in total. The minimum atomic E-state index is -0.0791. The van der Waals surface area contributed by atoms with E-state index in [2.05, 4.69) is 10.6 Å². The van der Waals surface area contributed by atoms with Crippen LogP contribution < -0.4 is 10.6 Å². The van der Waals surface area contributed by atoms with Crippen molar-refractivity contribution in [1.82, 2.24) is 20.4 Å². The van der Waals surface area contributed by atoms with Gasteiger partial charge < -0.3 is 20.4 Å². The van der Waals surface area contributed by atoms with Crippen LogP contribution in [0.4, 0.5) is 0 Å². The summed E-state index contributed by atoms with van der Waals surface area (Å²) < 4.78 is 0. The lowest BCUT2D eigenvalue weighted by atomic mass is 9.97. The number of carbonyl (C=O) groups is 3. The molecular formula is C21H30N4O3. The van der Waals surface area contributed by atoms with Gasteiger partial charge in [0.1, 0.15) is 0 Å². The molecule has 2 saturated heterocycles. The lowest BCUT2D eigenvalue weighted by Gasteiger charge is -2.33. The Bertz CT molecular complexity index is 711. The maximum absolute atomic E-state index is 12.8. The number of likely N-dealkylation sites (tertiary alicyclic amines) is 1. The van der Waals surface area contributed by atoms with E-state index in [9.17, 15) is 14.4 Å². The van der Waals surface area contributed by atoms with Gasteiger partial charge in [-0.2, -0.15) is 0 Å². The predicted octanol–water partition coefficient (Wildman–Crippen LogP) is 1.11. The zero-order chi connectivity index (χ0) is 20.1. The smallest absolute Gasteiger partial charge is 0.253 e. The second-order valence-electron chi connectivity index (χ2n) is 7.93. The lowest BCUT2D eigenvalue weighted by Crippen LogP contribution is -2.46. The van der Waals surface area contributed by atoms with Gasteiger partial charge in [-0.15, -0.1) is 0 Å². The summed E-state index contributed by atoms with van der Waals surface area (Å²) in [5, 5.41) is 6.25. The first-order valence-electron chi connectivity index (χ1n) is 10.1. The molecule has 0 spiro atoms. The van der Waals surface area contributed by atoms with Crippen molar-refractivity contribution in [1.29, 1.82) is 0 Å². The maximum atomic E-state index is 12.8. The van der Waals surface area contributed by atoms with Crippen molar-refractivity contribution >= 4 is 17.7 Å². The number of piperidine rings is 1. The fraction of sp³-hybridized carbons (Fsp3) is 0.571. The van der Waals surface area contributed by atoms with Gasteiger partial charge in [0, 0.05) is 44.9 Å². The van der Waals surface area contributed by atoms with Crippen LogP contribution >= 0.6 is 0 Å². The number of rotatable bonds is 5. The molecule has 1 aromatic rings. The number of hydrogen-bond acceptors (Lipinski definition) is 4. The highest BCUT2D eigenvalue weighted by Gasteiger charge is 2.27. The Morgan fingerprint density at radius 3 is 2.46 bits per heavy atom. The van der Waals surface area contributed by atoms with Crippen molar-refractivity contribution in [3.8, 4) is 0 Å². The van der Waals surface area contributed by atoms with Crippen LogP contribution in [0.25, 0.3) is 0 Å². The molecule has 7 heteroatoms. The molecule has 28 heavy (non-hydrogen) atoms. The van der Waals surface area contributed by atoms with Gasteiger partial charge in [-0.25, -0.2) is 0 Å². The molecule has 7 nitrogen and oxygen atoms in total. The first-order chi connectivity index (χ1) is 13.5. The molecule has 3 rings (SSSR count). The van der Waals surface area contributed by atoms with E-state index in [1.807, 2.05) is 4.90 Å². The molecule has 2 aliphatic heterocycles. The third-order valence-electron chi connectivity index (χ3n) is 5.53. The molecule has 0 saturated carbocycles. The zero-order valence-electron chi connectivity index (χ0n) is 16.7. The monoisotopic (exact) mass is 386 g/mol. The largest absolute Gasteiger partial charge is 0.354 e. The van der Waals surface area contributed by atoms with E-state index in [0.29, 0.717) is 24.2 Å². The van der Waals surface area contributed by atoms with Gasteiger partial charge in [0.05, 0.1) is 6.04 Å². The Kier molecular flexibility index (Phi) is 6.67. The highest BCUT2D eigenvalue weighted by Crippen LogP contribution is 2.19. The molecule has 2 atom stereocenters. The van der Waals surface area contributed by atoms with Gasteiger partial charge in [0.25, 0.3) is 11.8 Å². The van der Waals surface area contributed by atoms with Crippen LogP contribution in [0.15, 0.2) is 24.3 Å². The average molecular weight is 386 g/mol. The van der Waals surface area contributed by atoms with E-state index in [1.165, 1.54) is 4.90 Å². The standard InChI is InChI=1S/C21H30N4O3/c1-24(2)20(27)16-7-9-17(10-8-16)21(28)25-12-4-5-15(14-25)13-23-19(26)18-6-3-11-22-18/h7-10,15,18,22H,3-6,11-14H2,1-2H3,(H,23,26). The lowest BCUT2D eigenvalue weighted by molar-refractivity contribution is -0.123. The molecule has 2 unspecified atom stereocenters. The highest BCUT2D eigenvalue weighted by atomic mass is 16.2. The van der Waals surface area contributed by atoms with Crippen LogP contribution in [0, 0.1) is 5.92 Å². The fourth-order valence-corrected chi connectivity index (χ4v) is 3.89. The molecule has 0 radical (unpaired) electrons. The maximum Gasteiger partial charge on any atom is 0.253 e. The predicted molar refractivity (Wildman–Crippen MR) is 107 cm³/mol. The van der Waals surface area contributed by atoms with Gasteiger partial charge in [0.15, 0.2) is 0 Å². The summed E-state index contributed by atoms with van der Waals surface area (Å²) in [7, 11) is 3.41. The second kappa shape index (κ2) is 9.19. The number of nitrogens with one attached hydrogen (secondary N) is 2. The Morgan fingerprint density at radius 2 is 1.82 bits per heavy atom. The van der Waals surface area contributed by atoms with E-state index < -0.39 is 0 Å². The van der Waals surface area contributed by atoms with Crippen LogP contribution in [0.3, 0.4) is 0 Å². The van der Waals surface area contributed by atoms with Gasteiger partial charge in [-0.05, 0) is 62.4 Å². The van der Waals surface area contributed by atoms with E-state index in [1.54, 1.807) is 38.4 Å². The normalized spacial score (nSPS) is 22.0. The summed E-state index contributed by atoms with van der Waals surface area (Å²) >= 11 is 0. The van der Waals surface area contributed by atoms with Crippen molar-refractivity contribution in [2.24, 2.45) is 5.92 Å².